The predicted molar refractivity (Wildman–Crippen MR) is 78.0 cm³/mol. The summed E-state index contributed by atoms with van der Waals surface area (Å²) in [5.41, 5.74) is 0. The zero-order chi connectivity index (χ0) is 13.7. The number of halogens is 1. The minimum absolute atomic E-state index is 0. The summed E-state index contributed by atoms with van der Waals surface area (Å²) in [4.78, 5) is 15.6. The van der Waals surface area contributed by atoms with Crippen LogP contribution in [0.2, 0.25) is 0 Å². The maximum absolute atomic E-state index is 11.6. The third-order valence-electron chi connectivity index (χ3n) is 3.29. The van der Waals surface area contributed by atoms with Gasteiger partial charge in [0.15, 0.2) is 0 Å². The Morgan fingerprint density at radius 3 is 2.70 bits per heavy atom. The summed E-state index contributed by atoms with van der Waals surface area (Å²) in [5, 5.41) is 12.8. The normalized spacial score (nSPS) is 17.4. The number of carbonyl (C=O) groups excluding carboxylic acids is 1. The van der Waals surface area contributed by atoms with E-state index >= 15 is 0 Å². The zero-order valence-corrected chi connectivity index (χ0v) is 12.4. The molecule has 0 saturated carbocycles. The number of rotatable bonds is 4. The van der Waals surface area contributed by atoms with Crippen LogP contribution in [0.4, 0.5) is 4.79 Å². The number of carbonyl (C=O) groups is 1. The summed E-state index contributed by atoms with van der Waals surface area (Å²) in [6.45, 7) is 6.03. The van der Waals surface area contributed by atoms with Crippen molar-refractivity contribution in [1.29, 1.82) is 0 Å². The van der Waals surface area contributed by atoms with E-state index in [9.17, 15) is 9.90 Å². The number of aliphatic hydroxyl groups is 1. The van der Waals surface area contributed by atoms with E-state index in [-0.39, 0.29) is 18.4 Å². The lowest BCUT2D eigenvalue weighted by atomic mass is 10.2. The molecule has 1 aromatic rings. The van der Waals surface area contributed by atoms with Crippen LogP contribution in [-0.4, -0.2) is 60.2 Å². The number of hydrogen-bond acceptors (Lipinski definition) is 4. The summed E-state index contributed by atoms with van der Waals surface area (Å²) >= 11 is 0. The summed E-state index contributed by atoms with van der Waals surface area (Å²) in [7, 11) is 0. The van der Waals surface area contributed by atoms with Gasteiger partial charge in [-0.25, -0.2) is 4.79 Å². The first-order valence-corrected chi connectivity index (χ1v) is 6.67. The smallest absolute Gasteiger partial charge is 0.317 e. The first-order chi connectivity index (χ1) is 9.20. The molecular formula is C13H22ClN3O3. The number of aliphatic hydroxyl groups excluding tert-OH is 1. The van der Waals surface area contributed by atoms with Crippen molar-refractivity contribution in [3.63, 3.8) is 0 Å². The molecule has 7 heteroatoms. The van der Waals surface area contributed by atoms with Gasteiger partial charge in [-0.15, -0.1) is 12.4 Å². The Labute approximate surface area is 125 Å². The average molecular weight is 304 g/mol. The quantitative estimate of drug-likeness (QED) is 0.873. The molecule has 0 bridgehead atoms. The topological polar surface area (TPSA) is 69.0 Å². The monoisotopic (exact) mass is 303 g/mol. The standard InChI is InChI=1S/C13H21N3O3.ClH/c1-2-14-13(18)16-7-5-15(6-8-16)10-11(17)12-4-3-9-19-12;/h3-4,9,11,17H,2,5-8,10H2,1H3,(H,14,18);1H. The molecule has 2 amide bonds. The molecule has 0 radical (unpaired) electrons. The van der Waals surface area contributed by atoms with E-state index in [0.717, 1.165) is 13.1 Å². The molecule has 1 saturated heterocycles. The van der Waals surface area contributed by atoms with Crippen LogP contribution in [0, 0.1) is 0 Å². The lowest BCUT2D eigenvalue weighted by Gasteiger charge is -2.35. The summed E-state index contributed by atoms with van der Waals surface area (Å²) in [5.74, 6) is 0.589. The molecule has 1 fully saturated rings. The van der Waals surface area contributed by atoms with Crippen LogP contribution in [0.15, 0.2) is 22.8 Å². The average Bonchev–Trinajstić information content (AvgIpc) is 2.94. The SMILES string of the molecule is CCNC(=O)N1CCN(CC(O)c2ccco2)CC1.Cl. The molecule has 1 aromatic heterocycles. The fraction of sp³-hybridized carbons (Fsp3) is 0.615. The van der Waals surface area contributed by atoms with Crippen LogP contribution >= 0.6 is 12.4 Å². The third kappa shape index (κ3) is 4.40. The molecule has 1 aliphatic heterocycles. The van der Waals surface area contributed by atoms with Crippen molar-refractivity contribution < 1.29 is 14.3 Å². The highest BCUT2D eigenvalue weighted by atomic mass is 35.5. The highest BCUT2D eigenvalue weighted by Crippen LogP contribution is 2.15. The number of nitrogens with one attached hydrogen (secondary N) is 1. The van der Waals surface area contributed by atoms with Crippen molar-refractivity contribution in [3.05, 3.63) is 24.2 Å². The second-order valence-corrected chi connectivity index (χ2v) is 4.65. The van der Waals surface area contributed by atoms with Gasteiger partial charge in [0.25, 0.3) is 0 Å². The zero-order valence-electron chi connectivity index (χ0n) is 11.6. The molecule has 2 rings (SSSR count). The van der Waals surface area contributed by atoms with Crippen molar-refractivity contribution in [2.24, 2.45) is 0 Å². The molecule has 20 heavy (non-hydrogen) atoms. The molecule has 2 heterocycles. The molecule has 1 aliphatic rings. The highest BCUT2D eigenvalue weighted by molar-refractivity contribution is 5.85. The Hall–Kier alpha value is -1.24. The number of amides is 2. The minimum atomic E-state index is -0.606. The summed E-state index contributed by atoms with van der Waals surface area (Å²) < 4.78 is 5.18. The Bertz CT molecular complexity index is 392. The van der Waals surface area contributed by atoms with Crippen LogP contribution in [0.25, 0.3) is 0 Å². The van der Waals surface area contributed by atoms with E-state index in [1.165, 1.54) is 0 Å². The summed E-state index contributed by atoms with van der Waals surface area (Å²) in [6.07, 6.45) is 0.956. The maximum atomic E-state index is 11.6. The summed E-state index contributed by atoms with van der Waals surface area (Å²) in [6, 6.07) is 3.54. The lowest BCUT2D eigenvalue weighted by Crippen LogP contribution is -2.52. The number of piperazine rings is 1. The molecule has 2 N–H and O–H groups in total. The number of nitrogens with zero attached hydrogens (tertiary/aromatic N) is 2. The van der Waals surface area contributed by atoms with E-state index in [2.05, 4.69) is 10.2 Å². The van der Waals surface area contributed by atoms with E-state index in [1.54, 1.807) is 23.3 Å². The van der Waals surface area contributed by atoms with Gasteiger partial charge in [0.2, 0.25) is 0 Å². The van der Waals surface area contributed by atoms with E-state index in [1.807, 2.05) is 6.92 Å². The van der Waals surface area contributed by atoms with Gasteiger partial charge in [-0.05, 0) is 19.1 Å². The van der Waals surface area contributed by atoms with Crippen LogP contribution in [0.1, 0.15) is 18.8 Å². The number of β-amino-alcohol motifs (C(OH)–C–C–N with tert-alkyl or cyclic N) is 1. The van der Waals surface area contributed by atoms with Crippen molar-refractivity contribution in [1.82, 2.24) is 15.1 Å². The molecule has 114 valence electrons. The molecule has 0 aliphatic carbocycles. The van der Waals surface area contributed by atoms with E-state index < -0.39 is 6.10 Å². The van der Waals surface area contributed by atoms with Crippen LogP contribution in [-0.2, 0) is 0 Å². The second-order valence-electron chi connectivity index (χ2n) is 4.65. The second kappa shape index (κ2) is 8.14. The third-order valence-corrected chi connectivity index (χ3v) is 3.29. The molecular weight excluding hydrogens is 282 g/mol. The van der Waals surface area contributed by atoms with Gasteiger partial charge in [0.1, 0.15) is 11.9 Å². The van der Waals surface area contributed by atoms with Gasteiger partial charge < -0.3 is 19.7 Å². The fourth-order valence-corrected chi connectivity index (χ4v) is 2.21. The molecule has 0 spiro atoms. The highest BCUT2D eigenvalue weighted by Gasteiger charge is 2.23. The number of hydrogen-bond donors (Lipinski definition) is 2. The maximum Gasteiger partial charge on any atom is 0.317 e. The van der Waals surface area contributed by atoms with Crippen molar-refractivity contribution in [3.8, 4) is 0 Å². The van der Waals surface area contributed by atoms with Gasteiger partial charge in [-0.2, -0.15) is 0 Å². The first-order valence-electron chi connectivity index (χ1n) is 6.67. The Morgan fingerprint density at radius 2 is 2.15 bits per heavy atom. The van der Waals surface area contributed by atoms with Gasteiger partial charge in [-0.1, -0.05) is 0 Å². The predicted octanol–water partition coefficient (Wildman–Crippen LogP) is 1.08. The van der Waals surface area contributed by atoms with Crippen LogP contribution < -0.4 is 5.32 Å². The first kappa shape index (κ1) is 16.8. The van der Waals surface area contributed by atoms with E-state index in [0.29, 0.717) is 31.9 Å². The largest absolute Gasteiger partial charge is 0.467 e. The van der Waals surface area contributed by atoms with Crippen molar-refractivity contribution in [2.45, 2.75) is 13.0 Å². The number of furan rings is 1. The molecule has 1 atom stereocenters. The Morgan fingerprint density at radius 1 is 1.45 bits per heavy atom. The molecule has 6 nitrogen and oxygen atoms in total. The lowest BCUT2D eigenvalue weighted by molar-refractivity contribution is 0.0692. The molecule has 1 unspecified atom stereocenters. The number of urea groups is 1. The van der Waals surface area contributed by atoms with Gasteiger partial charge in [0, 0.05) is 39.3 Å². The Kier molecular flexibility index (Phi) is 6.84. The Balaban J connectivity index is 0.00000200. The minimum Gasteiger partial charge on any atom is -0.467 e. The van der Waals surface area contributed by atoms with Crippen LogP contribution in [0.3, 0.4) is 0 Å². The van der Waals surface area contributed by atoms with E-state index in [4.69, 9.17) is 4.42 Å². The van der Waals surface area contributed by atoms with Gasteiger partial charge in [0.05, 0.1) is 6.26 Å². The van der Waals surface area contributed by atoms with Crippen molar-refractivity contribution in [2.75, 3.05) is 39.3 Å². The van der Waals surface area contributed by atoms with Gasteiger partial charge >= 0.3 is 6.03 Å². The fourth-order valence-electron chi connectivity index (χ4n) is 2.21. The van der Waals surface area contributed by atoms with Crippen LogP contribution in [0.5, 0.6) is 0 Å². The van der Waals surface area contributed by atoms with Gasteiger partial charge in [-0.3, -0.25) is 4.90 Å². The van der Waals surface area contributed by atoms with Crippen molar-refractivity contribution >= 4 is 18.4 Å². The molecule has 0 aromatic carbocycles.